The minimum Gasteiger partial charge on any atom is -0.462 e. The van der Waals surface area contributed by atoms with E-state index in [0.717, 1.165) is 16.1 Å². The first kappa shape index (κ1) is 23.4. The molecule has 2 aromatic carbocycles. The summed E-state index contributed by atoms with van der Waals surface area (Å²) in [6.45, 7) is 7.48. The number of benzene rings is 2. The first-order chi connectivity index (χ1) is 14.0. The molecule has 0 saturated carbocycles. The number of esters is 1. The van der Waals surface area contributed by atoms with Crippen LogP contribution in [0.1, 0.15) is 48.2 Å². The van der Waals surface area contributed by atoms with Crippen molar-refractivity contribution in [2.24, 2.45) is 0 Å². The first-order valence-electron chi connectivity index (χ1n) is 9.68. The molecule has 0 aliphatic carbocycles. The topological polar surface area (TPSA) is 92.8 Å². The van der Waals surface area contributed by atoms with Gasteiger partial charge in [-0.2, -0.15) is 0 Å². The summed E-state index contributed by atoms with van der Waals surface area (Å²) >= 11 is 0. The van der Waals surface area contributed by atoms with Gasteiger partial charge in [0.1, 0.15) is 6.54 Å². The molecule has 0 saturated heterocycles. The number of hydrogen-bond donors (Lipinski definition) is 1. The lowest BCUT2D eigenvalue weighted by Gasteiger charge is -2.22. The molecule has 0 spiro atoms. The van der Waals surface area contributed by atoms with Crippen molar-refractivity contribution >= 4 is 33.3 Å². The number of hydrogen-bond acceptors (Lipinski definition) is 5. The number of amides is 1. The number of ether oxygens (including phenoxy) is 1. The summed E-state index contributed by atoms with van der Waals surface area (Å²) in [6, 6.07) is 11.9. The molecule has 1 amide bonds. The van der Waals surface area contributed by atoms with Gasteiger partial charge in [-0.15, -0.1) is 0 Å². The van der Waals surface area contributed by atoms with E-state index in [-0.39, 0.29) is 13.2 Å². The second-order valence-corrected chi connectivity index (χ2v) is 9.22. The molecule has 2 aromatic rings. The molecule has 0 heterocycles. The van der Waals surface area contributed by atoms with Gasteiger partial charge in [0.2, 0.25) is 15.9 Å². The summed E-state index contributed by atoms with van der Waals surface area (Å²) in [5.41, 5.74) is 3.05. The maximum atomic E-state index is 12.6. The van der Waals surface area contributed by atoms with E-state index in [1.165, 1.54) is 0 Å². The van der Waals surface area contributed by atoms with E-state index in [2.05, 4.69) is 5.32 Å². The Hall–Kier alpha value is -2.87. The number of nitrogens with one attached hydrogen (secondary N) is 1. The normalized spacial score (nSPS) is 11.3. The van der Waals surface area contributed by atoms with Gasteiger partial charge in [0.25, 0.3) is 0 Å². The van der Waals surface area contributed by atoms with Crippen LogP contribution in [0.25, 0.3) is 0 Å². The number of carbonyl (C=O) groups excluding carboxylic acids is 2. The minimum absolute atomic E-state index is 0.274. The number of sulfonamides is 1. The molecule has 0 atom stereocenters. The van der Waals surface area contributed by atoms with Crippen molar-refractivity contribution in [2.45, 2.75) is 33.6 Å². The van der Waals surface area contributed by atoms with Crippen LogP contribution in [0.15, 0.2) is 42.5 Å². The fourth-order valence-corrected chi connectivity index (χ4v) is 3.75. The van der Waals surface area contributed by atoms with Crippen LogP contribution < -0.4 is 9.62 Å². The highest BCUT2D eigenvalue weighted by Gasteiger charge is 2.21. The Bertz CT molecular complexity index is 1010. The number of carbonyl (C=O) groups is 2. The van der Waals surface area contributed by atoms with Crippen LogP contribution in [-0.2, 0) is 19.6 Å². The van der Waals surface area contributed by atoms with Crippen molar-refractivity contribution in [1.29, 1.82) is 0 Å². The maximum absolute atomic E-state index is 12.6. The number of nitrogens with zero attached hydrogens (tertiary/aromatic N) is 1. The second kappa shape index (κ2) is 9.75. The monoisotopic (exact) mass is 432 g/mol. The molecule has 7 nitrogen and oxygen atoms in total. The lowest BCUT2D eigenvalue weighted by Crippen LogP contribution is -2.37. The third kappa shape index (κ3) is 6.06. The number of anilines is 2. The smallest absolute Gasteiger partial charge is 0.338 e. The molecule has 0 aromatic heterocycles. The predicted octanol–water partition coefficient (Wildman–Crippen LogP) is 3.70. The Morgan fingerprint density at radius 2 is 1.73 bits per heavy atom. The standard InChI is InChI=1S/C22H28N2O5S/c1-6-29-22(26)18-9-12-20(16(4)13-18)23-21(25)14-24(30(5,27)28)19-10-7-17(8-11-19)15(2)3/h7-13,15H,6,14H2,1-5H3,(H,23,25). The van der Waals surface area contributed by atoms with Crippen LogP contribution in [0.2, 0.25) is 0 Å². The Balaban J connectivity index is 2.18. The quantitative estimate of drug-likeness (QED) is 0.642. The van der Waals surface area contributed by atoms with Gasteiger partial charge in [-0.25, -0.2) is 13.2 Å². The van der Waals surface area contributed by atoms with Crippen LogP contribution in [0.3, 0.4) is 0 Å². The van der Waals surface area contributed by atoms with Gasteiger partial charge in [-0.1, -0.05) is 26.0 Å². The molecule has 0 fully saturated rings. The van der Waals surface area contributed by atoms with E-state index in [9.17, 15) is 18.0 Å². The van der Waals surface area contributed by atoms with Gasteiger partial charge in [0.05, 0.1) is 24.1 Å². The molecule has 0 aliphatic rings. The lowest BCUT2D eigenvalue weighted by atomic mass is 10.0. The molecular formula is C22H28N2O5S. The number of aryl methyl sites for hydroxylation is 1. The van der Waals surface area contributed by atoms with Crippen molar-refractivity contribution in [1.82, 2.24) is 0 Å². The summed E-state index contributed by atoms with van der Waals surface area (Å²) in [5, 5.41) is 2.71. The second-order valence-electron chi connectivity index (χ2n) is 7.31. The molecule has 162 valence electrons. The van der Waals surface area contributed by atoms with Crippen molar-refractivity contribution in [3.63, 3.8) is 0 Å². The van der Waals surface area contributed by atoms with E-state index >= 15 is 0 Å². The van der Waals surface area contributed by atoms with Gasteiger partial charge < -0.3 is 10.1 Å². The van der Waals surface area contributed by atoms with Gasteiger partial charge in [-0.3, -0.25) is 9.10 Å². The van der Waals surface area contributed by atoms with Crippen molar-refractivity contribution < 1.29 is 22.7 Å². The zero-order valence-electron chi connectivity index (χ0n) is 17.9. The average molecular weight is 433 g/mol. The van der Waals surface area contributed by atoms with Crippen LogP contribution >= 0.6 is 0 Å². The summed E-state index contributed by atoms with van der Waals surface area (Å²) in [4.78, 5) is 24.4. The summed E-state index contributed by atoms with van der Waals surface area (Å²) in [7, 11) is -3.66. The average Bonchev–Trinajstić information content (AvgIpc) is 2.67. The maximum Gasteiger partial charge on any atom is 0.338 e. The fraction of sp³-hybridized carbons (Fsp3) is 0.364. The van der Waals surface area contributed by atoms with Gasteiger partial charge in [0.15, 0.2) is 0 Å². The Morgan fingerprint density at radius 1 is 1.10 bits per heavy atom. The molecule has 2 rings (SSSR count). The van der Waals surface area contributed by atoms with Gasteiger partial charge in [-0.05, 0) is 61.2 Å². The van der Waals surface area contributed by atoms with Gasteiger partial charge >= 0.3 is 5.97 Å². The zero-order chi connectivity index (χ0) is 22.5. The van der Waals surface area contributed by atoms with Crippen molar-refractivity contribution in [2.75, 3.05) is 29.0 Å². The van der Waals surface area contributed by atoms with Crippen molar-refractivity contribution in [3.8, 4) is 0 Å². The highest BCUT2D eigenvalue weighted by molar-refractivity contribution is 7.92. The predicted molar refractivity (Wildman–Crippen MR) is 118 cm³/mol. The third-order valence-electron chi connectivity index (χ3n) is 4.55. The Kier molecular flexibility index (Phi) is 7.61. The van der Waals surface area contributed by atoms with Crippen LogP contribution in [-0.4, -0.2) is 39.7 Å². The molecule has 30 heavy (non-hydrogen) atoms. The van der Waals surface area contributed by atoms with E-state index in [1.807, 2.05) is 26.0 Å². The Morgan fingerprint density at radius 3 is 2.23 bits per heavy atom. The van der Waals surface area contributed by atoms with Crippen LogP contribution in [0.5, 0.6) is 0 Å². The molecular weight excluding hydrogens is 404 g/mol. The first-order valence-corrected chi connectivity index (χ1v) is 11.5. The van der Waals surface area contributed by atoms with Crippen LogP contribution in [0.4, 0.5) is 11.4 Å². The molecule has 0 bridgehead atoms. The van der Waals surface area contributed by atoms with E-state index in [4.69, 9.17) is 4.74 Å². The largest absolute Gasteiger partial charge is 0.462 e. The minimum atomic E-state index is -3.66. The highest BCUT2D eigenvalue weighted by atomic mass is 32.2. The summed E-state index contributed by atoms with van der Waals surface area (Å²) in [5.74, 6) is -0.610. The fourth-order valence-electron chi connectivity index (χ4n) is 2.89. The SMILES string of the molecule is CCOC(=O)c1ccc(NC(=O)CN(c2ccc(C(C)C)cc2)S(C)(=O)=O)c(C)c1. The van der Waals surface area contributed by atoms with Gasteiger partial charge in [0, 0.05) is 5.69 Å². The summed E-state index contributed by atoms with van der Waals surface area (Å²) < 4.78 is 30.6. The van der Waals surface area contributed by atoms with E-state index in [1.54, 1.807) is 44.2 Å². The molecule has 0 unspecified atom stereocenters. The molecule has 1 N–H and O–H groups in total. The third-order valence-corrected chi connectivity index (χ3v) is 5.69. The zero-order valence-corrected chi connectivity index (χ0v) is 18.7. The summed E-state index contributed by atoms with van der Waals surface area (Å²) in [6.07, 6.45) is 1.07. The number of rotatable bonds is 8. The molecule has 8 heteroatoms. The molecule has 0 aliphatic heterocycles. The van der Waals surface area contributed by atoms with E-state index in [0.29, 0.717) is 28.4 Å². The van der Waals surface area contributed by atoms with E-state index < -0.39 is 21.9 Å². The Labute approximate surface area is 178 Å². The highest BCUT2D eigenvalue weighted by Crippen LogP contribution is 2.23. The van der Waals surface area contributed by atoms with Crippen molar-refractivity contribution in [3.05, 3.63) is 59.2 Å². The van der Waals surface area contributed by atoms with Crippen LogP contribution in [0, 0.1) is 6.92 Å². The lowest BCUT2D eigenvalue weighted by molar-refractivity contribution is -0.114. The molecule has 0 radical (unpaired) electrons.